The number of amides is 3. The molecule has 1 N–H and O–H groups in total. The molecular weight excluding hydrogens is 324 g/mol. The topological polar surface area (TPSA) is 74.4 Å². The van der Waals surface area contributed by atoms with Gasteiger partial charge in [-0.05, 0) is 26.2 Å². The average molecular weight is 350 g/mol. The van der Waals surface area contributed by atoms with Crippen molar-refractivity contribution in [3.05, 3.63) is 18.2 Å². The molecule has 1 saturated heterocycles. The van der Waals surface area contributed by atoms with Crippen LogP contribution in [-0.4, -0.2) is 82.8 Å². The van der Waals surface area contributed by atoms with E-state index >= 15 is 0 Å². The van der Waals surface area contributed by atoms with Crippen LogP contribution in [0.4, 0.5) is 10.5 Å². The lowest BCUT2D eigenvalue weighted by Crippen LogP contribution is -2.41. The number of urea groups is 1. The third-order valence-corrected chi connectivity index (χ3v) is 3.99. The van der Waals surface area contributed by atoms with Crippen molar-refractivity contribution in [2.24, 2.45) is 0 Å². The fraction of sp³-hybridized carbons (Fsp3) is 0.529. The number of methoxy groups -OCH3 is 2. The Hall–Kier alpha value is -2.48. The summed E-state index contributed by atoms with van der Waals surface area (Å²) in [5.41, 5.74) is 0.641. The minimum absolute atomic E-state index is 0.0506. The van der Waals surface area contributed by atoms with Crippen LogP contribution >= 0.6 is 0 Å². The Labute approximate surface area is 148 Å². The fourth-order valence-corrected chi connectivity index (χ4v) is 2.61. The number of benzene rings is 1. The normalized spacial score (nSPS) is 14.2. The summed E-state index contributed by atoms with van der Waals surface area (Å²) in [6.07, 6.45) is 0. The fourth-order valence-electron chi connectivity index (χ4n) is 2.61. The van der Waals surface area contributed by atoms with Crippen molar-refractivity contribution in [1.29, 1.82) is 0 Å². The van der Waals surface area contributed by atoms with Crippen molar-refractivity contribution < 1.29 is 19.1 Å². The molecule has 138 valence electrons. The van der Waals surface area contributed by atoms with E-state index < -0.39 is 0 Å². The lowest BCUT2D eigenvalue weighted by atomic mass is 10.2. The monoisotopic (exact) mass is 350 g/mol. The molecule has 0 atom stereocenters. The number of likely N-dealkylation sites (N-methyl/N-ethyl adjacent to an activating group) is 1. The highest BCUT2D eigenvalue weighted by Crippen LogP contribution is 2.34. The maximum atomic E-state index is 12.7. The highest BCUT2D eigenvalue weighted by Gasteiger charge is 2.32. The van der Waals surface area contributed by atoms with E-state index in [-0.39, 0.29) is 18.5 Å². The van der Waals surface area contributed by atoms with E-state index in [1.807, 2.05) is 19.0 Å². The summed E-state index contributed by atoms with van der Waals surface area (Å²) in [5.74, 6) is 1.07. The quantitative estimate of drug-likeness (QED) is 0.744. The number of ether oxygens (including phenoxy) is 2. The van der Waals surface area contributed by atoms with Gasteiger partial charge < -0.3 is 24.6 Å². The van der Waals surface area contributed by atoms with Crippen molar-refractivity contribution in [2.45, 2.75) is 0 Å². The Kier molecular flexibility index (Phi) is 6.46. The van der Waals surface area contributed by atoms with Crippen LogP contribution in [0.25, 0.3) is 0 Å². The van der Waals surface area contributed by atoms with Gasteiger partial charge in [0.25, 0.3) is 0 Å². The number of hydrogen-bond acceptors (Lipinski definition) is 5. The molecule has 3 amide bonds. The molecule has 25 heavy (non-hydrogen) atoms. The molecule has 1 aliphatic heterocycles. The van der Waals surface area contributed by atoms with Crippen LogP contribution in [0.5, 0.6) is 11.5 Å². The minimum Gasteiger partial charge on any atom is -0.497 e. The molecule has 1 aromatic carbocycles. The van der Waals surface area contributed by atoms with Crippen LogP contribution in [0.2, 0.25) is 0 Å². The average Bonchev–Trinajstić information content (AvgIpc) is 2.94. The summed E-state index contributed by atoms with van der Waals surface area (Å²) in [6.45, 7) is 2.34. The summed E-state index contributed by atoms with van der Waals surface area (Å²) < 4.78 is 10.6. The third kappa shape index (κ3) is 4.76. The Morgan fingerprint density at radius 2 is 2.00 bits per heavy atom. The van der Waals surface area contributed by atoms with Crippen LogP contribution in [0, 0.1) is 0 Å². The molecule has 0 aromatic heterocycles. The molecule has 1 heterocycles. The SMILES string of the molecule is COc1ccc(OC)c(N2CCN(CC(=O)NCCN(C)C)C2=O)c1. The first-order chi connectivity index (χ1) is 12.0. The first-order valence-electron chi connectivity index (χ1n) is 8.16. The molecule has 1 fully saturated rings. The van der Waals surface area contributed by atoms with Crippen LogP contribution in [0.1, 0.15) is 0 Å². The Balaban J connectivity index is 2.01. The standard InChI is InChI=1S/C17H26N4O4/c1-19(2)8-7-18-16(22)12-20-9-10-21(17(20)23)14-11-13(24-3)5-6-15(14)25-4/h5-6,11H,7-10,12H2,1-4H3,(H,18,22). The third-order valence-electron chi connectivity index (χ3n) is 3.99. The van der Waals surface area contributed by atoms with Crippen LogP contribution in [-0.2, 0) is 4.79 Å². The lowest BCUT2D eigenvalue weighted by molar-refractivity contribution is -0.121. The molecule has 0 unspecified atom stereocenters. The molecule has 8 heteroatoms. The number of carbonyl (C=O) groups excluding carboxylic acids is 2. The smallest absolute Gasteiger partial charge is 0.325 e. The zero-order chi connectivity index (χ0) is 18.4. The second-order valence-corrected chi connectivity index (χ2v) is 6.05. The van der Waals surface area contributed by atoms with Crippen molar-refractivity contribution in [3.63, 3.8) is 0 Å². The van der Waals surface area contributed by atoms with E-state index in [1.54, 1.807) is 37.3 Å². The van der Waals surface area contributed by atoms with Gasteiger partial charge in [-0.25, -0.2) is 4.79 Å². The minimum atomic E-state index is -0.214. The van der Waals surface area contributed by atoms with Gasteiger partial charge in [0.15, 0.2) is 0 Å². The molecule has 0 bridgehead atoms. The number of nitrogens with one attached hydrogen (secondary N) is 1. The number of rotatable bonds is 8. The maximum Gasteiger partial charge on any atom is 0.325 e. The molecule has 0 spiro atoms. The first kappa shape index (κ1) is 18.9. The van der Waals surface area contributed by atoms with Gasteiger partial charge in [0.1, 0.15) is 18.0 Å². The second kappa shape index (κ2) is 8.57. The number of hydrogen-bond donors (Lipinski definition) is 1. The molecular formula is C17H26N4O4. The van der Waals surface area contributed by atoms with Crippen molar-refractivity contribution in [2.75, 3.05) is 65.9 Å². The van der Waals surface area contributed by atoms with Crippen LogP contribution in [0.15, 0.2) is 18.2 Å². The first-order valence-corrected chi connectivity index (χ1v) is 8.16. The predicted molar refractivity (Wildman–Crippen MR) is 95.4 cm³/mol. The van der Waals surface area contributed by atoms with Gasteiger partial charge in [-0.1, -0.05) is 0 Å². The van der Waals surface area contributed by atoms with E-state index in [0.717, 1.165) is 6.54 Å². The summed E-state index contributed by atoms with van der Waals surface area (Å²) in [4.78, 5) is 29.8. The predicted octanol–water partition coefficient (Wildman–Crippen LogP) is 0.624. The van der Waals surface area contributed by atoms with E-state index in [1.165, 1.54) is 4.90 Å². The summed E-state index contributed by atoms with van der Waals surface area (Å²) >= 11 is 0. The lowest BCUT2D eigenvalue weighted by Gasteiger charge is -2.21. The van der Waals surface area contributed by atoms with Gasteiger partial charge >= 0.3 is 6.03 Å². The summed E-state index contributed by atoms with van der Waals surface area (Å²) in [5, 5.41) is 2.82. The van der Waals surface area contributed by atoms with Crippen molar-refractivity contribution >= 4 is 17.6 Å². The number of carbonyl (C=O) groups is 2. The van der Waals surface area contributed by atoms with Gasteiger partial charge in [-0.3, -0.25) is 9.69 Å². The van der Waals surface area contributed by atoms with E-state index in [2.05, 4.69) is 5.32 Å². The summed E-state index contributed by atoms with van der Waals surface area (Å²) in [6, 6.07) is 5.09. The van der Waals surface area contributed by atoms with Gasteiger partial charge in [-0.15, -0.1) is 0 Å². The molecule has 2 rings (SSSR count). The number of anilines is 1. The second-order valence-electron chi connectivity index (χ2n) is 6.05. The molecule has 0 aliphatic carbocycles. The Morgan fingerprint density at radius 1 is 1.24 bits per heavy atom. The zero-order valence-electron chi connectivity index (χ0n) is 15.2. The van der Waals surface area contributed by atoms with Crippen molar-refractivity contribution in [1.82, 2.24) is 15.1 Å². The van der Waals surface area contributed by atoms with Gasteiger partial charge in [0.2, 0.25) is 5.91 Å². The van der Waals surface area contributed by atoms with Gasteiger partial charge in [0.05, 0.1) is 19.9 Å². The molecule has 0 radical (unpaired) electrons. The maximum absolute atomic E-state index is 12.7. The van der Waals surface area contributed by atoms with Gasteiger partial charge in [0, 0.05) is 32.2 Å². The summed E-state index contributed by atoms with van der Waals surface area (Å²) in [7, 11) is 7.01. The highest BCUT2D eigenvalue weighted by molar-refractivity contribution is 5.97. The van der Waals surface area contributed by atoms with E-state index in [9.17, 15) is 9.59 Å². The zero-order valence-corrected chi connectivity index (χ0v) is 15.2. The number of nitrogens with zero attached hydrogens (tertiary/aromatic N) is 3. The molecule has 0 saturated carbocycles. The Bertz CT molecular complexity index is 621. The largest absolute Gasteiger partial charge is 0.497 e. The van der Waals surface area contributed by atoms with Crippen LogP contribution < -0.4 is 19.7 Å². The molecule has 1 aromatic rings. The van der Waals surface area contributed by atoms with E-state index in [4.69, 9.17) is 9.47 Å². The van der Waals surface area contributed by atoms with Crippen molar-refractivity contribution in [3.8, 4) is 11.5 Å². The Morgan fingerprint density at radius 3 is 2.64 bits per heavy atom. The highest BCUT2D eigenvalue weighted by atomic mass is 16.5. The van der Waals surface area contributed by atoms with Gasteiger partial charge in [-0.2, -0.15) is 0 Å². The van der Waals surface area contributed by atoms with E-state index in [0.29, 0.717) is 36.8 Å². The molecule has 1 aliphatic rings. The molecule has 8 nitrogen and oxygen atoms in total. The van der Waals surface area contributed by atoms with Crippen LogP contribution in [0.3, 0.4) is 0 Å².